The number of methoxy groups -OCH3 is 1. The van der Waals surface area contributed by atoms with Gasteiger partial charge in [-0.05, 0) is 31.5 Å². The molecule has 1 aromatic rings. The van der Waals surface area contributed by atoms with Crippen molar-refractivity contribution in [2.24, 2.45) is 5.73 Å². The third-order valence-electron chi connectivity index (χ3n) is 2.81. The molecule has 0 aromatic heterocycles. The third kappa shape index (κ3) is 3.37. The highest BCUT2D eigenvalue weighted by Crippen LogP contribution is 2.29. The Labute approximate surface area is 107 Å². The number of amides is 1. The van der Waals surface area contributed by atoms with Crippen LogP contribution in [0.4, 0.5) is 0 Å². The van der Waals surface area contributed by atoms with Crippen molar-refractivity contribution in [1.29, 1.82) is 0 Å². The standard InChI is InChI=1S/C13H20N2O3/c1-3-9(7-8-14)15-13(17)10-5-4-6-11(18-2)12(10)16/h4-6,9,16H,3,7-8,14H2,1-2H3,(H,15,17). The lowest BCUT2D eigenvalue weighted by Crippen LogP contribution is -2.35. The molecule has 5 heteroatoms. The maximum Gasteiger partial charge on any atom is 0.255 e. The Hall–Kier alpha value is -1.75. The van der Waals surface area contributed by atoms with Crippen LogP contribution in [0.5, 0.6) is 11.5 Å². The Balaban J connectivity index is 2.84. The van der Waals surface area contributed by atoms with Gasteiger partial charge in [-0.25, -0.2) is 0 Å². The van der Waals surface area contributed by atoms with E-state index in [9.17, 15) is 9.90 Å². The van der Waals surface area contributed by atoms with Crippen molar-refractivity contribution >= 4 is 5.91 Å². The number of hydrogen-bond donors (Lipinski definition) is 3. The molecule has 0 aliphatic rings. The first-order valence-corrected chi connectivity index (χ1v) is 6.00. The van der Waals surface area contributed by atoms with Crippen LogP contribution in [0.25, 0.3) is 0 Å². The van der Waals surface area contributed by atoms with E-state index in [0.29, 0.717) is 13.0 Å². The van der Waals surface area contributed by atoms with Crippen LogP contribution >= 0.6 is 0 Å². The van der Waals surface area contributed by atoms with Gasteiger partial charge in [0.05, 0.1) is 12.7 Å². The van der Waals surface area contributed by atoms with Crippen LogP contribution in [0.2, 0.25) is 0 Å². The molecule has 1 aromatic carbocycles. The van der Waals surface area contributed by atoms with Gasteiger partial charge in [-0.3, -0.25) is 4.79 Å². The number of carbonyl (C=O) groups excluding carboxylic acids is 1. The lowest BCUT2D eigenvalue weighted by Gasteiger charge is -2.16. The highest BCUT2D eigenvalue weighted by Gasteiger charge is 2.17. The Morgan fingerprint density at radius 2 is 2.28 bits per heavy atom. The number of hydrogen-bond acceptors (Lipinski definition) is 4. The lowest BCUT2D eigenvalue weighted by atomic mass is 10.1. The zero-order valence-corrected chi connectivity index (χ0v) is 10.8. The average molecular weight is 252 g/mol. The summed E-state index contributed by atoms with van der Waals surface area (Å²) in [5.74, 6) is -0.165. The molecule has 0 fully saturated rings. The topological polar surface area (TPSA) is 84.6 Å². The summed E-state index contributed by atoms with van der Waals surface area (Å²) in [4.78, 5) is 12.0. The van der Waals surface area contributed by atoms with Gasteiger partial charge in [0.2, 0.25) is 0 Å². The zero-order valence-electron chi connectivity index (χ0n) is 10.8. The second kappa shape index (κ2) is 6.86. The largest absolute Gasteiger partial charge is 0.504 e. The van der Waals surface area contributed by atoms with E-state index in [1.807, 2.05) is 6.92 Å². The molecule has 1 atom stereocenters. The van der Waals surface area contributed by atoms with E-state index in [1.54, 1.807) is 18.2 Å². The summed E-state index contributed by atoms with van der Waals surface area (Å²) in [7, 11) is 1.44. The Bertz CT molecular complexity index is 407. The maximum atomic E-state index is 12.0. The minimum atomic E-state index is -0.313. The molecule has 0 aliphatic carbocycles. The van der Waals surface area contributed by atoms with Crippen molar-refractivity contribution in [3.8, 4) is 11.5 Å². The van der Waals surface area contributed by atoms with E-state index in [-0.39, 0.29) is 29.0 Å². The molecule has 0 spiro atoms. The minimum absolute atomic E-state index is 0.0214. The monoisotopic (exact) mass is 252 g/mol. The number of nitrogens with one attached hydrogen (secondary N) is 1. The highest BCUT2D eigenvalue weighted by molar-refractivity contribution is 5.97. The van der Waals surface area contributed by atoms with Gasteiger partial charge in [-0.15, -0.1) is 0 Å². The summed E-state index contributed by atoms with van der Waals surface area (Å²) in [5.41, 5.74) is 5.69. The van der Waals surface area contributed by atoms with E-state index in [2.05, 4.69) is 5.32 Å². The third-order valence-corrected chi connectivity index (χ3v) is 2.81. The van der Waals surface area contributed by atoms with E-state index in [1.165, 1.54) is 7.11 Å². The molecule has 4 N–H and O–H groups in total. The molecule has 0 radical (unpaired) electrons. The van der Waals surface area contributed by atoms with Gasteiger partial charge in [-0.2, -0.15) is 0 Å². The molecule has 0 bridgehead atoms. The van der Waals surface area contributed by atoms with E-state index in [4.69, 9.17) is 10.5 Å². The normalized spacial score (nSPS) is 11.9. The van der Waals surface area contributed by atoms with Crippen molar-refractivity contribution in [2.75, 3.05) is 13.7 Å². The predicted molar refractivity (Wildman–Crippen MR) is 69.9 cm³/mol. The number of phenols is 1. The molecule has 1 unspecified atom stereocenters. The lowest BCUT2D eigenvalue weighted by molar-refractivity contribution is 0.0931. The predicted octanol–water partition coefficient (Wildman–Crippen LogP) is 1.26. The number of benzene rings is 1. The zero-order chi connectivity index (χ0) is 13.5. The smallest absolute Gasteiger partial charge is 0.255 e. The Morgan fingerprint density at radius 3 is 2.83 bits per heavy atom. The van der Waals surface area contributed by atoms with Crippen molar-refractivity contribution in [3.05, 3.63) is 23.8 Å². The van der Waals surface area contributed by atoms with Crippen molar-refractivity contribution in [1.82, 2.24) is 5.32 Å². The number of para-hydroxylation sites is 1. The fourth-order valence-corrected chi connectivity index (χ4v) is 1.71. The molecule has 1 rings (SSSR count). The number of carbonyl (C=O) groups is 1. The number of ether oxygens (including phenoxy) is 1. The molecule has 0 aliphatic heterocycles. The number of phenolic OH excluding ortho intramolecular Hbond substituents is 1. The molecule has 18 heavy (non-hydrogen) atoms. The van der Waals surface area contributed by atoms with Crippen molar-refractivity contribution in [3.63, 3.8) is 0 Å². The van der Waals surface area contributed by atoms with Crippen LogP contribution in [0.3, 0.4) is 0 Å². The highest BCUT2D eigenvalue weighted by atomic mass is 16.5. The molecule has 100 valence electrons. The first-order valence-electron chi connectivity index (χ1n) is 6.00. The van der Waals surface area contributed by atoms with Crippen LogP contribution in [-0.4, -0.2) is 30.7 Å². The molecule has 1 amide bonds. The molecule has 0 saturated heterocycles. The number of rotatable bonds is 6. The first-order chi connectivity index (χ1) is 8.63. The van der Waals surface area contributed by atoms with Gasteiger partial charge in [0.15, 0.2) is 11.5 Å². The van der Waals surface area contributed by atoms with E-state index < -0.39 is 0 Å². The first kappa shape index (κ1) is 14.3. The number of aromatic hydroxyl groups is 1. The molecule has 0 saturated carbocycles. The molecular formula is C13H20N2O3. The summed E-state index contributed by atoms with van der Waals surface area (Å²) in [6.07, 6.45) is 1.51. The SMILES string of the molecule is CCC(CCN)NC(=O)c1cccc(OC)c1O. The van der Waals surface area contributed by atoms with Crippen LogP contribution in [-0.2, 0) is 0 Å². The van der Waals surface area contributed by atoms with Crippen molar-refractivity contribution < 1.29 is 14.6 Å². The fourth-order valence-electron chi connectivity index (χ4n) is 1.71. The molecule has 0 heterocycles. The fraction of sp³-hybridized carbons (Fsp3) is 0.462. The summed E-state index contributed by atoms with van der Waals surface area (Å²) in [6.45, 7) is 2.49. The van der Waals surface area contributed by atoms with Crippen LogP contribution in [0.1, 0.15) is 30.1 Å². The molecule has 5 nitrogen and oxygen atoms in total. The average Bonchev–Trinajstić information content (AvgIpc) is 2.38. The quantitative estimate of drug-likeness (QED) is 0.711. The summed E-state index contributed by atoms with van der Waals surface area (Å²) in [5, 5.41) is 12.7. The number of nitrogens with two attached hydrogens (primary N) is 1. The second-order valence-electron chi connectivity index (χ2n) is 4.01. The van der Waals surface area contributed by atoms with E-state index >= 15 is 0 Å². The van der Waals surface area contributed by atoms with Gasteiger partial charge in [0.1, 0.15) is 0 Å². The van der Waals surface area contributed by atoms with Crippen LogP contribution < -0.4 is 15.8 Å². The summed E-state index contributed by atoms with van der Waals surface area (Å²) < 4.78 is 4.96. The van der Waals surface area contributed by atoms with Crippen molar-refractivity contribution in [2.45, 2.75) is 25.8 Å². The minimum Gasteiger partial charge on any atom is -0.504 e. The van der Waals surface area contributed by atoms with Crippen LogP contribution in [0, 0.1) is 0 Å². The van der Waals surface area contributed by atoms with Gasteiger partial charge in [0, 0.05) is 6.04 Å². The second-order valence-corrected chi connectivity index (χ2v) is 4.01. The van der Waals surface area contributed by atoms with Gasteiger partial charge < -0.3 is 20.9 Å². The maximum absolute atomic E-state index is 12.0. The van der Waals surface area contributed by atoms with Crippen LogP contribution in [0.15, 0.2) is 18.2 Å². The Morgan fingerprint density at radius 1 is 1.56 bits per heavy atom. The summed E-state index contributed by atoms with van der Waals surface area (Å²) >= 11 is 0. The Kier molecular flexibility index (Phi) is 5.45. The molecular weight excluding hydrogens is 232 g/mol. The van der Waals surface area contributed by atoms with Gasteiger partial charge in [-0.1, -0.05) is 13.0 Å². The summed E-state index contributed by atoms with van der Waals surface area (Å²) in [6, 6.07) is 4.84. The van der Waals surface area contributed by atoms with E-state index in [0.717, 1.165) is 6.42 Å². The van der Waals surface area contributed by atoms with Gasteiger partial charge in [0.25, 0.3) is 5.91 Å². The van der Waals surface area contributed by atoms with Gasteiger partial charge >= 0.3 is 0 Å².